The summed E-state index contributed by atoms with van der Waals surface area (Å²) in [5.41, 5.74) is 3.92. The summed E-state index contributed by atoms with van der Waals surface area (Å²) in [5.74, 6) is 0.709. The van der Waals surface area contributed by atoms with E-state index in [1.54, 1.807) is 36.7 Å². The largest absolute Gasteiger partial charge is 0.351 e. The lowest BCUT2D eigenvalue weighted by atomic mass is 9.96. The highest BCUT2D eigenvalue weighted by Gasteiger charge is 2.19. The number of nitrogens with zero attached hydrogens (tertiary/aromatic N) is 5. The quantitative estimate of drug-likeness (QED) is 0.151. The van der Waals surface area contributed by atoms with Crippen molar-refractivity contribution in [2.45, 2.75) is 58.0 Å². The van der Waals surface area contributed by atoms with Crippen molar-refractivity contribution in [3.05, 3.63) is 72.6 Å². The van der Waals surface area contributed by atoms with Gasteiger partial charge in [-0.05, 0) is 83.2 Å². The molecule has 0 aliphatic heterocycles. The predicted octanol–water partition coefficient (Wildman–Crippen LogP) is 6.20. The molecule has 0 bridgehead atoms. The summed E-state index contributed by atoms with van der Waals surface area (Å²) >= 11 is 0. The zero-order valence-electron chi connectivity index (χ0n) is 25.8. The first-order chi connectivity index (χ1) is 21.2. The lowest BCUT2D eigenvalue weighted by molar-refractivity contribution is -0.111. The second-order valence-corrected chi connectivity index (χ2v) is 11.7. The van der Waals surface area contributed by atoms with E-state index < -0.39 is 0 Å². The number of benzene rings is 2. The number of likely N-dealkylation sites (N-methyl/N-ethyl adjacent to an activating group) is 1. The van der Waals surface area contributed by atoms with Gasteiger partial charge in [-0.25, -0.2) is 4.98 Å². The molecule has 0 unspecified atom stereocenters. The number of fused-ring (bicyclic) bond motifs is 1. The Bertz CT molecular complexity index is 1620. The van der Waals surface area contributed by atoms with Crippen molar-refractivity contribution in [2.75, 3.05) is 41.9 Å². The Balaban J connectivity index is 1.28. The summed E-state index contributed by atoms with van der Waals surface area (Å²) < 4.78 is 2.05. The fourth-order valence-corrected chi connectivity index (χ4v) is 5.15. The highest BCUT2D eigenvalue weighted by molar-refractivity contribution is 6.05. The Labute approximate surface area is 258 Å². The molecule has 2 heterocycles. The summed E-state index contributed by atoms with van der Waals surface area (Å²) in [7, 11) is 3.87. The van der Waals surface area contributed by atoms with Crippen LogP contribution in [0.15, 0.2) is 67.0 Å². The number of hydrogen-bond donors (Lipinski definition) is 4. The zero-order valence-corrected chi connectivity index (χ0v) is 25.8. The third-order valence-electron chi connectivity index (χ3n) is 7.45. The summed E-state index contributed by atoms with van der Waals surface area (Å²) in [6, 6.07) is 14.8. The van der Waals surface area contributed by atoms with Gasteiger partial charge in [-0.15, -0.1) is 0 Å². The second kappa shape index (κ2) is 14.1. The van der Waals surface area contributed by atoms with Crippen molar-refractivity contribution in [3.63, 3.8) is 0 Å². The van der Waals surface area contributed by atoms with Crippen LogP contribution in [0, 0.1) is 0 Å². The van der Waals surface area contributed by atoms with Crippen LogP contribution in [0.25, 0.3) is 11.2 Å². The number of rotatable bonds is 11. The first-order valence-electron chi connectivity index (χ1n) is 15.2. The first kappa shape index (κ1) is 30.7. The fraction of sp³-hybridized carbons (Fsp3) is 0.364. The molecule has 0 atom stereocenters. The predicted molar refractivity (Wildman–Crippen MR) is 177 cm³/mol. The van der Waals surface area contributed by atoms with E-state index in [2.05, 4.69) is 40.1 Å². The lowest BCUT2D eigenvalue weighted by Gasteiger charge is -2.23. The molecular formula is C33H41N9O2. The molecule has 11 nitrogen and oxygen atoms in total. The molecule has 0 saturated heterocycles. The Morgan fingerprint density at radius 3 is 2.45 bits per heavy atom. The topological polar surface area (TPSA) is 129 Å². The number of nitrogens with one attached hydrogen (secondary N) is 4. The van der Waals surface area contributed by atoms with Crippen LogP contribution >= 0.6 is 0 Å². The standard InChI is InChI=1S/C33H41N9O2/c1-22(2)42-21-34-29-30(39-33(40-31(29)42)38-24-10-6-5-7-11-24)36-26-12-8-13-27(20-26)37-32(44)23-15-17-25(18-16-23)35-28(43)14-9-19-41(3)4/h8-9,12-18,20-22,24H,5-7,10-11,19H2,1-4H3,(H,35,43)(H,37,44)(H2,36,38,39,40)/b14-9+. The molecule has 0 radical (unpaired) electrons. The van der Waals surface area contributed by atoms with Crippen LogP contribution in [0.3, 0.4) is 0 Å². The van der Waals surface area contributed by atoms with Crippen LogP contribution in [0.5, 0.6) is 0 Å². The minimum Gasteiger partial charge on any atom is -0.351 e. The smallest absolute Gasteiger partial charge is 0.255 e. The van der Waals surface area contributed by atoms with E-state index in [0.29, 0.717) is 46.8 Å². The zero-order chi connectivity index (χ0) is 31.1. The van der Waals surface area contributed by atoms with Crippen LogP contribution in [0.1, 0.15) is 62.4 Å². The molecule has 4 N–H and O–H groups in total. The average Bonchev–Trinajstić information content (AvgIpc) is 3.43. The van der Waals surface area contributed by atoms with Gasteiger partial charge in [-0.2, -0.15) is 9.97 Å². The number of amides is 2. The summed E-state index contributed by atoms with van der Waals surface area (Å²) in [6.45, 7) is 4.88. The maximum atomic E-state index is 13.0. The molecule has 44 heavy (non-hydrogen) atoms. The molecule has 4 aromatic rings. The van der Waals surface area contributed by atoms with Gasteiger partial charge in [-0.1, -0.05) is 31.4 Å². The molecule has 230 valence electrons. The van der Waals surface area contributed by atoms with Gasteiger partial charge in [0, 0.05) is 47.3 Å². The first-order valence-corrected chi connectivity index (χ1v) is 15.2. The van der Waals surface area contributed by atoms with Gasteiger partial charge in [0.2, 0.25) is 11.9 Å². The van der Waals surface area contributed by atoms with Crippen LogP contribution in [0.2, 0.25) is 0 Å². The van der Waals surface area contributed by atoms with Gasteiger partial charge in [0.15, 0.2) is 17.0 Å². The van der Waals surface area contributed by atoms with E-state index in [1.807, 2.05) is 47.8 Å². The SMILES string of the molecule is CC(C)n1cnc2c(Nc3cccc(NC(=O)c4ccc(NC(=O)/C=C/CN(C)C)cc4)c3)nc(NC3CCCCC3)nc21. The number of carbonyl (C=O) groups is 2. The van der Waals surface area contributed by atoms with Crippen molar-refractivity contribution in [3.8, 4) is 0 Å². The van der Waals surface area contributed by atoms with Gasteiger partial charge in [-0.3, -0.25) is 9.59 Å². The molecule has 11 heteroatoms. The van der Waals surface area contributed by atoms with Crippen molar-refractivity contribution in [1.29, 1.82) is 0 Å². The normalized spacial score (nSPS) is 14.0. The van der Waals surface area contributed by atoms with Crippen LogP contribution in [0.4, 0.5) is 28.8 Å². The van der Waals surface area contributed by atoms with Gasteiger partial charge in [0.25, 0.3) is 5.91 Å². The van der Waals surface area contributed by atoms with Crippen LogP contribution in [-0.4, -0.2) is 62.9 Å². The molecule has 1 aliphatic rings. The third-order valence-corrected chi connectivity index (χ3v) is 7.45. The highest BCUT2D eigenvalue weighted by Crippen LogP contribution is 2.29. The second-order valence-electron chi connectivity index (χ2n) is 11.7. The van der Waals surface area contributed by atoms with Gasteiger partial charge in [0.05, 0.1) is 6.33 Å². The monoisotopic (exact) mass is 595 g/mol. The van der Waals surface area contributed by atoms with Crippen molar-refractivity contribution in [2.24, 2.45) is 0 Å². The third kappa shape index (κ3) is 7.99. The Morgan fingerprint density at radius 2 is 1.73 bits per heavy atom. The van der Waals surface area contributed by atoms with Crippen molar-refractivity contribution in [1.82, 2.24) is 24.4 Å². The number of carbonyl (C=O) groups excluding carboxylic acids is 2. The Hall–Kier alpha value is -4.77. The van der Waals surface area contributed by atoms with Crippen molar-refractivity contribution >= 4 is 51.8 Å². The van der Waals surface area contributed by atoms with Crippen LogP contribution in [-0.2, 0) is 4.79 Å². The molecule has 1 saturated carbocycles. The lowest BCUT2D eigenvalue weighted by Crippen LogP contribution is -2.23. The van der Waals surface area contributed by atoms with Gasteiger partial charge in [0.1, 0.15) is 0 Å². The summed E-state index contributed by atoms with van der Waals surface area (Å²) in [6.07, 6.45) is 11.0. The highest BCUT2D eigenvalue weighted by atomic mass is 16.2. The minimum absolute atomic E-state index is 0.194. The van der Waals surface area contributed by atoms with Gasteiger partial charge >= 0.3 is 0 Å². The van der Waals surface area contributed by atoms with E-state index in [0.717, 1.165) is 24.2 Å². The van der Waals surface area contributed by atoms with E-state index in [9.17, 15) is 9.59 Å². The number of aromatic nitrogens is 4. The summed E-state index contributed by atoms with van der Waals surface area (Å²) in [4.78, 5) is 41.4. The minimum atomic E-state index is -0.259. The molecule has 5 rings (SSSR count). The average molecular weight is 596 g/mol. The summed E-state index contributed by atoms with van der Waals surface area (Å²) in [5, 5.41) is 12.7. The fourth-order valence-electron chi connectivity index (χ4n) is 5.15. The number of anilines is 5. The maximum absolute atomic E-state index is 13.0. The van der Waals surface area contributed by atoms with Gasteiger partial charge < -0.3 is 30.7 Å². The van der Waals surface area contributed by atoms with Crippen molar-refractivity contribution < 1.29 is 9.59 Å². The molecule has 2 aromatic heterocycles. The van der Waals surface area contributed by atoms with E-state index in [4.69, 9.17) is 9.97 Å². The molecule has 2 amide bonds. The molecule has 0 spiro atoms. The molecule has 2 aromatic carbocycles. The van der Waals surface area contributed by atoms with E-state index in [1.165, 1.54) is 25.3 Å². The number of hydrogen-bond acceptors (Lipinski definition) is 8. The Morgan fingerprint density at radius 1 is 0.977 bits per heavy atom. The molecule has 1 fully saturated rings. The Kier molecular flexibility index (Phi) is 9.86. The molecular weight excluding hydrogens is 554 g/mol. The van der Waals surface area contributed by atoms with E-state index in [-0.39, 0.29) is 17.9 Å². The van der Waals surface area contributed by atoms with Crippen LogP contribution < -0.4 is 21.3 Å². The maximum Gasteiger partial charge on any atom is 0.255 e. The molecule has 1 aliphatic carbocycles. The van der Waals surface area contributed by atoms with E-state index >= 15 is 0 Å². The number of imidazole rings is 1.